The third-order valence-electron chi connectivity index (χ3n) is 5.26. The Balaban J connectivity index is 0.00000280. The van der Waals surface area contributed by atoms with E-state index in [1.165, 1.54) is 18.4 Å². The molecule has 1 saturated carbocycles. The zero-order chi connectivity index (χ0) is 19.3. The van der Waals surface area contributed by atoms with E-state index < -0.39 is 0 Å². The number of aliphatic imine (C=N–C) groups is 1. The molecule has 2 N–H and O–H groups in total. The number of nitrogens with one attached hydrogen (secondary N) is 2. The molecule has 0 saturated heterocycles. The molecule has 0 radical (unpaired) electrons. The lowest BCUT2D eigenvalue weighted by Crippen LogP contribution is -2.44. The van der Waals surface area contributed by atoms with Crippen molar-refractivity contribution < 1.29 is 4.42 Å². The van der Waals surface area contributed by atoms with Crippen molar-refractivity contribution in [3.05, 3.63) is 53.7 Å². The predicted octanol–water partition coefficient (Wildman–Crippen LogP) is 4.98. The van der Waals surface area contributed by atoms with Gasteiger partial charge >= 0.3 is 0 Å². The lowest BCUT2D eigenvalue weighted by Gasteiger charge is -2.30. The van der Waals surface area contributed by atoms with Gasteiger partial charge in [0.15, 0.2) is 5.96 Å². The minimum Gasteiger partial charge on any atom is -0.443 e. The number of benzene rings is 1. The van der Waals surface area contributed by atoms with Gasteiger partial charge in [0.1, 0.15) is 5.76 Å². The summed E-state index contributed by atoms with van der Waals surface area (Å²) < 4.78 is 5.84. The van der Waals surface area contributed by atoms with Crippen LogP contribution in [0.4, 0.5) is 0 Å². The van der Waals surface area contributed by atoms with Gasteiger partial charge in [-0.05, 0) is 37.2 Å². The van der Waals surface area contributed by atoms with Crippen LogP contribution >= 0.6 is 24.0 Å². The highest BCUT2D eigenvalue weighted by molar-refractivity contribution is 14.0. The highest BCUT2D eigenvalue weighted by Gasteiger charge is 2.23. The quantitative estimate of drug-likeness (QED) is 0.356. The molecule has 1 aromatic carbocycles. The van der Waals surface area contributed by atoms with Crippen LogP contribution in [0.5, 0.6) is 0 Å². The first-order chi connectivity index (χ1) is 13.0. The first kappa shape index (κ1) is 22.7. The van der Waals surface area contributed by atoms with E-state index in [1.54, 1.807) is 7.05 Å². The summed E-state index contributed by atoms with van der Waals surface area (Å²) >= 11 is 0. The van der Waals surface area contributed by atoms with E-state index >= 15 is 0 Å². The van der Waals surface area contributed by atoms with Crippen molar-refractivity contribution in [2.24, 2.45) is 4.99 Å². The number of hydrogen-bond acceptors (Lipinski definition) is 3. The Hall–Kier alpha value is -1.57. The van der Waals surface area contributed by atoms with Crippen LogP contribution in [0, 0.1) is 0 Å². The molecule has 0 bridgehead atoms. The first-order valence-electron chi connectivity index (χ1n) is 9.93. The topological polar surface area (TPSA) is 62.5 Å². The highest BCUT2D eigenvalue weighted by Crippen LogP contribution is 2.32. The van der Waals surface area contributed by atoms with Crippen LogP contribution in [-0.4, -0.2) is 24.0 Å². The average Bonchev–Trinajstić information content (AvgIpc) is 3.16. The summed E-state index contributed by atoms with van der Waals surface area (Å²) in [6.07, 6.45) is 6.57. The number of aromatic nitrogens is 1. The summed E-state index contributed by atoms with van der Waals surface area (Å²) in [6, 6.07) is 11.3. The lowest BCUT2D eigenvalue weighted by molar-refractivity contribution is 0.367. The zero-order valence-electron chi connectivity index (χ0n) is 17.4. The smallest absolute Gasteiger partial charge is 0.213 e. The molecule has 2 aromatic rings. The van der Waals surface area contributed by atoms with E-state index in [0.29, 0.717) is 24.4 Å². The standard InChI is InChI=1S/C22H32N4O.HI/c1-22(2,3)19-14-24-20(27-19)15-25-21(23-4)26-18-12-10-17(11-13-18)16-8-6-5-7-9-16;/h5-9,14,17-18H,10-13,15H2,1-4H3,(H2,23,25,26);1H. The van der Waals surface area contributed by atoms with Crippen LogP contribution in [-0.2, 0) is 12.0 Å². The first-order valence-corrected chi connectivity index (χ1v) is 9.93. The fourth-order valence-corrected chi connectivity index (χ4v) is 3.58. The summed E-state index contributed by atoms with van der Waals surface area (Å²) in [5, 5.41) is 6.88. The SMILES string of the molecule is CN=C(NCc1ncc(C(C)(C)C)o1)NC1CCC(c2ccccc2)CC1.I. The van der Waals surface area contributed by atoms with Gasteiger partial charge in [0.05, 0.1) is 12.7 Å². The molecule has 1 aliphatic rings. The molecule has 154 valence electrons. The molecular formula is C22H33IN4O. The largest absolute Gasteiger partial charge is 0.443 e. The second-order valence-electron chi connectivity index (χ2n) is 8.40. The summed E-state index contributed by atoms with van der Waals surface area (Å²) in [7, 11) is 1.81. The van der Waals surface area contributed by atoms with E-state index in [0.717, 1.165) is 24.6 Å². The fraction of sp³-hybridized carbons (Fsp3) is 0.545. The van der Waals surface area contributed by atoms with Gasteiger partial charge in [0.25, 0.3) is 0 Å². The molecule has 6 heteroatoms. The van der Waals surface area contributed by atoms with Crippen molar-refractivity contribution in [3.8, 4) is 0 Å². The minimum atomic E-state index is -0.0252. The molecule has 1 aromatic heterocycles. The number of rotatable bonds is 4. The van der Waals surface area contributed by atoms with Gasteiger partial charge in [-0.25, -0.2) is 4.98 Å². The third kappa shape index (κ3) is 6.22. The van der Waals surface area contributed by atoms with Crippen molar-refractivity contribution in [2.75, 3.05) is 7.05 Å². The van der Waals surface area contributed by atoms with Crippen molar-refractivity contribution in [3.63, 3.8) is 0 Å². The maximum Gasteiger partial charge on any atom is 0.213 e. The lowest BCUT2D eigenvalue weighted by atomic mass is 9.82. The molecule has 0 amide bonds. The molecule has 1 heterocycles. The Morgan fingerprint density at radius 2 is 1.82 bits per heavy atom. The van der Waals surface area contributed by atoms with Crippen molar-refractivity contribution >= 4 is 29.9 Å². The highest BCUT2D eigenvalue weighted by atomic mass is 127. The van der Waals surface area contributed by atoms with Crippen LogP contribution in [0.15, 0.2) is 45.9 Å². The van der Waals surface area contributed by atoms with Gasteiger partial charge < -0.3 is 15.1 Å². The van der Waals surface area contributed by atoms with Gasteiger partial charge in [-0.3, -0.25) is 4.99 Å². The summed E-state index contributed by atoms with van der Waals surface area (Å²) in [4.78, 5) is 8.72. The van der Waals surface area contributed by atoms with Gasteiger partial charge in [0, 0.05) is 18.5 Å². The Labute approximate surface area is 185 Å². The number of oxazole rings is 1. The van der Waals surface area contributed by atoms with Crippen LogP contribution in [0.1, 0.15) is 69.6 Å². The number of hydrogen-bond donors (Lipinski definition) is 2. The number of nitrogens with zero attached hydrogens (tertiary/aromatic N) is 2. The number of guanidine groups is 1. The van der Waals surface area contributed by atoms with E-state index in [1.807, 2.05) is 6.20 Å². The molecular weight excluding hydrogens is 463 g/mol. The van der Waals surface area contributed by atoms with Gasteiger partial charge in [-0.2, -0.15) is 0 Å². The molecule has 1 fully saturated rings. The van der Waals surface area contributed by atoms with E-state index in [-0.39, 0.29) is 29.4 Å². The molecule has 0 atom stereocenters. The molecule has 5 nitrogen and oxygen atoms in total. The maximum atomic E-state index is 5.84. The summed E-state index contributed by atoms with van der Waals surface area (Å²) in [5.41, 5.74) is 1.44. The molecule has 0 aliphatic heterocycles. The summed E-state index contributed by atoms with van der Waals surface area (Å²) in [6.45, 7) is 6.90. The Kier molecular flexibility index (Phi) is 8.34. The number of halogens is 1. The molecule has 0 unspecified atom stereocenters. The monoisotopic (exact) mass is 496 g/mol. The third-order valence-corrected chi connectivity index (χ3v) is 5.26. The van der Waals surface area contributed by atoms with Gasteiger partial charge in [-0.1, -0.05) is 51.1 Å². The zero-order valence-corrected chi connectivity index (χ0v) is 19.7. The maximum absolute atomic E-state index is 5.84. The van der Waals surface area contributed by atoms with E-state index in [2.05, 4.69) is 71.7 Å². The van der Waals surface area contributed by atoms with E-state index in [4.69, 9.17) is 4.42 Å². The Morgan fingerprint density at radius 3 is 2.39 bits per heavy atom. The van der Waals surface area contributed by atoms with Crippen molar-refractivity contribution in [1.82, 2.24) is 15.6 Å². The Bertz CT molecular complexity index is 743. The normalized spacial score (nSPS) is 20.4. The van der Waals surface area contributed by atoms with Crippen LogP contribution in [0.2, 0.25) is 0 Å². The van der Waals surface area contributed by atoms with Crippen molar-refractivity contribution in [2.45, 2.75) is 70.4 Å². The van der Waals surface area contributed by atoms with Crippen LogP contribution in [0.3, 0.4) is 0 Å². The van der Waals surface area contributed by atoms with E-state index in [9.17, 15) is 0 Å². The van der Waals surface area contributed by atoms with Crippen LogP contribution in [0.25, 0.3) is 0 Å². The molecule has 3 rings (SSSR count). The van der Waals surface area contributed by atoms with Crippen molar-refractivity contribution in [1.29, 1.82) is 0 Å². The second kappa shape index (κ2) is 10.3. The Morgan fingerprint density at radius 1 is 1.14 bits per heavy atom. The van der Waals surface area contributed by atoms with Crippen LogP contribution < -0.4 is 10.6 Å². The molecule has 1 aliphatic carbocycles. The van der Waals surface area contributed by atoms with Gasteiger partial charge in [0.2, 0.25) is 5.89 Å². The summed E-state index contributed by atoms with van der Waals surface area (Å²) in [5.74, 6) is 3.09. The predicted molar refractivity (Wildman–Crippen MR) is 125 cm³/mol. The average molecular weight is 496 g/mol. The fourth-order valence-electron chi connectivity index (χ4n) is 3.58. The second-order valence-corrected chi connectivity index (χ2v) is 8.40. The molecule has 28 heavy (non-hydrogen) atoms. The molecule has 0 spiro atoms. The minimum absolute atomic E-state index is 0. The van der Waals surface area contributed by atoms with Gasteiger partial charge in [-0.15, -0.1) is 24.0 Å².